The molecule has 0 bridgehead atoms. The van der Waals surface area contributed by atoms with Crippen LogP contribution >= 0.6 is 0 Å². The van der Waals surface area contributed by atoms with Gasteiger partial charge in [-0.3, -0.25) is 0 Å². The molecule has 1 fully saturated rings. The van der Waals surface area contributed by atoms with E-state index in [0.717, 1.165) is 11.5 Å². The van der Waals surface area contributed by atoms with E-state index in [-0.39, 0.29) is 0 Å². The third-order valence-electron chi connectivity index (χ3n) is 2.97. The van der Waals surface area contributed by atoms with Crippen molar-refractivity contribution in [2.75, 3.05) is 0 Å². The molecule has 1 aliphatic rings. The fourth-order valence-corrected chi connectivity index (χ4v) is 2.10. The summed E-state index contributed by atoms with van der Waals surface area (Å²) in [5.41, 5.74) is 1.09. The van der Waals surface area contributed by atoms with E-state index in [0.29, 0.717) is 5.92 Å². The largest absolute Gasteiger partial charge is 0.238 e. The van der Waals surface area contributed by atoms with E-state index in [9.17, 15) is 0 Å². The zero-order valence-electron chi connectivity index (χ0n) is 8.74. The molecule has 0 atom stereocenters. The lowest BCUT2D eigenvalue weighted by Gasteiger charge is -2.11. The minimum atomic E-state index is 0.609. The molecule has 1 aliphatic carbocycles. The predicted molar refractivity (Wildman–Crippen MR) is 55.0 cm³/mol. The predicted octanol–water partition coefficient (Wildman–Crippen LogP) is 2.62. The van der Waals surface area contributed by atoms with E-state index >= 15 is 0 Å². The van der Waals surface area contributed by atoms with Crippen LogP contribution in [0.4, 0.5) is 0 Å². The molecule has 2 rings (SSSR count). The normalized spacial score (nSPS) is 19.2. The van der Waals surface area contributed by atoms with E-state index in [2.05, 4.69) is 15.2 Å². The molecular weight excluding hydrogens is 174 g/mol. The molecule has 76 valence electrons. The van der Waals surface area contributed by atoms with E-state index in [4.69, 9.17) is 0 Å². The van der Waals surface area contributed by atoms with Gasteiger partial charge in [-0.2, -0.15) is 5.10 Å². The Kier molecular flexibility index (Phi) is 3.07. The van der Waals surface area contributed by atoms with Crippen LogP contribution in [0.2, 0.25) is 0 Å². The standard InChI is InChI=1S/C11H17N3/c1-9-12-8-11(14-13-9)10-6-4-2-3-5-7-10/h8,10H,2-7H2,1H3. The molecule has 1 aromatic rings. The van der Waals surface area contributed by atoms with Gasteiger partial charge in [0.05, 0.1) is 11.9 Å². The molecule has 0 unspecified atom stereocenters. The first kappa shape index (κ1) is 9.56. The highest BCUT2D eigenvalue weighted by atomic mass is 15.1. The Labute approximate surface area is 85.0 Å². The minimum absolute atomic E-state index is 0.609. The number of rotatable bonds is 1. The quantitative estimate of drug-likeness (QED) is 0.640. The summed E-state index contributed by atoms with van der Waals surface area (Å²) in [6, 6.07) is 0. The molecule has 0 radical (unpaired) electrons. The van der Waals surface area contributed by atoms with Crippen LogP contribution in [0.5, 0.6) is 0 Å². The second kappa shape index (κ2) is 4.49. The molecule has 14 heavy (non-hydrogen) atoms. The van der Waals surface area contributed by atoms with E-state index in [1.165, 1.54) is 38.5 Å². The minimum Gasteiger partial charge on any atom is -0.238 e. The average Bonchev–Trinajstić information content (AvgIpc) is 2.47. The maximum Gasteiger partial charge on any atom is 0.147 e. The van der Waals surface area contributed by atoms with Crippen molar-refractivity contribution >= 4 is 0 Å². The number of hydrogen-bond acceptors (Lipinski definition) is 3. The Morgan fingerprint density at radius 1 is 1.07 bits per heavy atom. The highest BCUT2D eigenvalue weighted by molar-refractivity contribution is 5.02. The fraction of sp³-hybridized carbons (Fsp3) is 0.727. The maximum atomic E-state index is 4.23. The molecular formula is C11H17N3. The van der Waals surface area contributed by atoms with Crippen molar-refractivity contribution in [1.29, 1.82) is 0 Å². The summed E-state index contributed by atoms with van der Waals surface area (Å²) in [5.74, 6) is 1.38. The van der Waals surface area contributed by atoms with Gasteiger partial charge < -0.3 is 0 Å². The summed E-state index contributed by atoms with van der Waals surface area (Å²) in [6.45, 7) is 1.88. The van der Waals surface area contributed by atoms with Gasteiger partial charge in [0.2, 0.25) is 0 Å². The molecule has 0 amide bonds. The van der Waals surface area contributed by atoms with E-state index in [1.807, 2.05) is 13.1 Å². The molecule has 3 heteroatoms. The van der Waals surface area contributed by atoms with Crippen molar-refractivity contribution < 1.29 is 0 Å². The molecule has 0 spiro atoms. The van der Waals surface area contributed by atoms with Crippen LogP contribution in [0.3, 0.4) is 0 Å². The van der Waals surface area contributed by atoms with Crippen molar-refractivity contribution in [3.05, 3.63) is 17.7 Å². The fourth-order valence-electron chi connectivity index (χ4n) is 2.10. The first-order valence-corrected chi connectivity index (χ1v) is 5.52. The summed E-state index contributed by atoms with van der Waals surface area (Å²) >= 11 is 0. The number of aromatic nitrogens is 3. The van der Waals surface area contributed by atoms with Crippen LogP contribution in [-0.2, 0) is 0 Å². The van der Waals surface area contributed by atoms with Gasteiger partial charge in [0, 0.05) is 5.92 Å². The van der Waals surface area contributed by atoms with Gasteiger partial charge in [-0.1, -0.05) is 25.7 Å². The highest BCUT2D eigenvalue weighted by Crippen LogP contribution is 2.29. The molecule has 1 heterocycles. The monoisotopic (exact) mass is 191 g/mol. The van der Waals surface area contributed by atoms with Crippen molar-refractivity contribution in [2.24, 2.45) is 0 Å². The lowest BCUT2D eigenvalue weighted by atomic mass is 9.97. The molecule has 1 aromatic heterocycles. The molecule has 0 N–H and O–H groups in total. The summed E-state index contributed by atoms with van der Waals surface area (Å²) in [7, 11) is 0. The lowest BCUT2D eigenvalue weighted by molar-refractivity contribution is 0.564. The third kappa shape index (κ3) is 2.28. The van der Waals surface area contributed by atoms with Crippen molar-refractivity contribution in [1.82, 2.24) is 15.2 Å². The number of aryl methyl sites for hydroxylation is 1. The van der Waals surface area contributed by atoms with Gasteiger partial charge in [-0.25, -0.2) is 4.98 Å². The van der Waals surface area contributed by atoms with Gasteiger partial charge >= 0.3 is 0 Å². The Balaban J connectivity index is 2.08. The first-order valence-electron chi connectivity index (χ1n) is 5.52. The van der Waals surface area contributed by atoms with Gasteiger partial charge in [0.15, 0.2) is 0 Å². The summed E-state index contributed by atoms with van der Waals surface area (Å²) in [4.78, 5) is 4.21. The molecule has 0 aromatic carbocycles. The Hall–Kier alpha value is -0.990. The van der Waals surface area contributed by atoms with Crippen LogP contribution < -0.4 is 0 Å². The van der Waals surface area contributed by atoms with Gasteiger partial charge in [-0.05, 0) is 19.8 Å². The van der Waals surface area contributed by atoms with Crippen LogP contribution in [0, 0.1) is 6.92 Å². The maximum absolute atomic E-state index is 4.23. The van der Waals surface area contributed by atoms with Crippen molar-refractivity contribution in [2.45, 2.75) is 51.4 Å². The Morgan fingerprint density at radius 2 is 1.79 bits per heavy atom. The van der Waals surface area contributed by atoms with Crippen molar-refractivity contribution in [3.63, 3.8) is 0 Å². The van der Waals surface area contributed by atoms with Crippen LogP contribution in [0.15, 0.2) is 6.20 Å². The van der Waals surface area contributed by atoms with Crippen LogP contribution in [-0.4, -0.2) is 15.2 Å². The van der Waals surface area contributed by atoms with E-state index < -0.39 is 0 Å². The summed E-state index contributed by atoms with van der Waals surface area (Å²) in [6.07, 6.45) is 9.85. The molecule has 0 aliphatic heterocycles. The SMILES string of the molecule is Cc1ncc(C2CCCCCC2)nn1. The first-order chi connectivity index (χ1) is 6.86. The second-order valence-corrected chi connectivity index (χ2v) is 4.12. The topological polar surface area (TPSA) is 38.7 Å². The number of nitrogens with zero attached hydrogens (tertiary/aromatic N) is 3. The molecule has 3 nitrogen and oxygen atoms in total. The molecule has 1 saturated carbocycles. The zero-order valence-corrected chi connectivity index (χ0v) is 8.74. The summed E-state index contributed by atoms with van der Waals surface area (Å²) in [5, 5.41) is 8.25. The van der Waals surface area contributed by atoms with Crippen molar-refractivity contribution in [3.8, 4) is 0 Å². The second-order valence-electron chi connectivity index (χ2n) is 4.12. The number of hydrogen-bond donors (Lipinski definition) is 0. The van der Waals surface area contributed by atoms with Crippen LogP contribution in [0.25, 0.3) is 0 Å². The Morgan fingerprint density at radius 3 is 2.36 bits per heavy atom. The van der Waals surface area contributed by atoms with Gasteiger partial charge in [0.1, 0.15) is 5.82 Å². The van der Waals surface area contributed by atoms with Gasteiger partial charge in [0.25, 0.3) is 0 Å². The highest BCUT2D eigenvalue weighted by Gasteiger charge is 2.15. The van der Waals surface area contributed by atoms with E-state index in [1.54, 1.807) is 0 Å². The molecule has 0 saturated heterocycles. The Bertz CT molecular complexity index is 273. The average molecular weight is 191 g/mol. The smallest absolute Gasteiger partial charge is 0.147 e. The lowest BCUT2D eigenvalue weighted by Crippen LogP contribution is -2.04. The van der Waals surface area contributed by atoms with Crippen LogP contribution in [0.1, 0.15) is 56.0 Å². The zero-order chi connectivity index (χ0) is 9.80. The van der Waals surface area contributed by atoms with Gasteiger partial charge in [-0.15, -0.1) is 5.10 Å². The third-order valence-corrected chi connectivity index (χ3v) is 2.97. The summed E-state index contributed by atoms with van der Waals surface area (Å²) < 4.78 is 0.